The van der Waals surface area contributed by atoms with Gasteiger partial charge in [0.25, 0.3) is 0 Å². The van der Waals surface area contributed by atoms with Gasteiger partial charge < -0.3 is 0 Å². The zero-order chi connectivity index (χ0) is 10.9. The molecule has 0 aliphatic carbocycles. The van der Waals surface area contributed by atoms with E-state index in [2.05, 4.69) is 20.8 Å². The summed E-state index contributed by atoms with van der Waals surface area (Å²) in [6, 6.07) is 0. The van der Waals surface area contributed by atoms with E-state index in [1.807, 2.05) is 0 Å². The highest BCUT2D eigenvalue weighted by molar-refractivity contribution is 6.14. The molecular formula is C13H27B. The second kappa shape index (κ2) is 8.38. The number of hydrogen-bond donors (Lipinski definition) is 0. The second-order valence-electron chi connectivity index (χ2n) is 4.92. The Morgan fingerprint density at radius 1 is 0.786 bits per heavy atom. The predicted octanol–water partition coefficient (Wildman–Crippen LogP) is 4.88. The normalized spacial score (nSPS) is 15.4. The van der Waals surface area contributed by atoms with Gasteiger partial charge in [0, 0.05) is 0 Å². The summed E-state index contributed by atoms with van der Waals surface area (Å²) >= 11 is 0. The smallest absolute Gasteiger partial charge is 0.0688 e. The minimum atomic E-state index is 0.0967. The maximum absolute atomic E-state index is 6.17. The lowest BCUT2D eigenvalue weighted by atomic mass is 9.64. The van der Waals surface area contributed by atoms with E-state index in [0.717, 1.165) is 0 Å². The van der Waals surface area contributed by atoms with E-state index in [4.69, 9.17) is 7.85 Å². The van der Waals surface area contributed by atoms with Crippen LogP contribution >= 0.6 is 0 Å². The lowest BCUT2D eigenvalue weighted by Crippen LogP contribution is -2.07. The minimum absolute atomic E-state index is 0.0967. The number of unbranched alkanes of at least 4 members (excludes halogenated alkanes) is 5. The summed E-state index contributed by atoms with van der Waals surface area (Å²) in [6.45, 7) is 6.67. The van der Waals surface area contributed by atoms with E-state index in [-0.39, 0.29) is 5.31 Å². The fourth-order valence-corrected chi connectivity index (χ4v) is 2.01. The molecule has 0 saturated carbocycles. The SMILES string of the molecule is [B]C(C)(CCC)CCCCCCCC. The van der Waals surface area contributed by atoms with Gasteiger partial charge in [0.15, 0.2) is 0 Å². The summed E-state index contributed by atoms with van der Waals surface area (Å²) in [4.78, 5) is 0. The molecule has 1 atom stereocenters. The van der Waals surface area contributed by atoms with Gasteiger partial charge in [0.1, 0.15) is 0 Å². The summed E-state index contributed by atoms with van der Waals surface area (Å²) in [7, 11) is 6.17. The predicted molar refractivity (Wildman–Crippen MR) is 67.0 cm³/mol. The molecule has 82 valence electrons. The highest BCUT2D eigenvalue weighted by Crippen LogP contribution is 2.33. The molecule has 0 amide bonds. The zero-order valence-corrected chi connectivity index (χ0v) is 10.4. The standard InChI is InChI=1S/C13H27B/c1-4-6-7-8-9-10-12-13(3,14)11-5-2/h4-12H2,1-3H3. The first-order valence-electron chi connectivity index (χ1n) is 6.41. The van der Waals surface area contributed by atoms with Crippen LogP contribution in [-0.4, -0.2) is 7.85 Å². The third-order valence-corrected chi connectivity index (χ3v) is 2.92. The van der Waals surface area contributed by atoms with E-state index in [0.29, 0.717) is 0 Å². The van der Waals surface area contributed by atoms with Gasteiger partial charge in [-0.3, -0.25) is 0 Å². The Morgan fingerprint density at radius 2 is 1.36 bits per heavy atom. The maximum Gasteiger partial charge on any atom is 0.0742 e. The molecule has 0 aliphatic rings. The van der Waals surface area contributed by atoms with Crippen LogP contribution in [0.25, 0.3) is 0 Å². The molecule has 0 N–H and O–H groups in total. The van der Waals surface area contributed by atoms with Crippen LogP contribution < -0.4 is 0 Å². The van der Waals surface area contributed by atoms with Crippen molar-refractivity contribution in [3.05, 3.63) is 0 Å². The van der Waals surface area contributed by atoms with E-state index >= 15 is 0 Å². The Balaban J connectivity index is 3.26. The van der Waals surface area contributed by atoms with Crippen LogP contribution in [0, 0.1) is 0 Å². The van der Waals surface area contributed by atoms with Crippen molar-refractivity contribution in [1.82, 2.24) is 0 Å². The Hall–Kier alpha value is 0.0649. The van der Waals surface area contributed by atoms with Gasteiger partial charge >= 0.3 is 0 Å². The van der Waals surface area contributed by atoms with E-state index in [1.165, 1.54) is 57.8 Å². The van der Waals surface area contributed by atoms with Crippen molar-refractivity contribution in [3.63, 3.8) is 0 Å². The molecule has 0 aromatic rings. The van der Waals surface area contributed by atoms with Gasteiger partial charge in [-0.1, -0.05) is 83.9 Å². The molecule has 0 saturated heterocycles. The van der Waals surface area contributed by atoms with Crippen LogP contribution in [0.1, 0.15) is 78.6 Å². The Kier molecular flexibility index (Phi) is 8.42. The van der Waals surface area contributed by atoms with Crippen LogP contribution in [0.4, 0.5) is 0 Å². The molecule has 0 aromatic carbocycles. The lowest BCUT2D eigenvalue weighted by molar-refractivity contribution is 0.471. The molecule has 1 unspecified atom stereocenters. The van der Waals surface area contributed by atoms with Crippen molar-refractivity contribution >= 4 is 7.85 Å². The average molecular weight is 194 g/mol. The lowest BCUT2D eigenvalue weighted by Gasteiger charge is -2.24. The van der Waals surface area contributed by atoms with Gasteiger partial charge in [0.05, 0.1) is 7.85 Å². The summed E-state index contributed by atoms with van der Waals surface area (Å²) in [5, 5.41) is 0.0967. The Labute approximate surface area is 92.3 Å². The summed E-state index contributed by atoms with van der Waals surface area (Å²) in [5.74, 6) is 0. The minimum Gasteiger partial charge on any atom is -0.0688 e. The summed E-state index contributed by atoms with van der Waals surface area (Å²) < 4.78 is 0. The molecule has 0 bridgehead atoms. The Bertz CT molecular complexity index is 118. The Morgan fingerprint density at radius 3 is 1.93 bits per heavy atom. The van der Waals surface area contributed by atoms with Crippen molar-refractivity contribution in [2.75, 3.05) is 0 Å². The highest BCUT2D eigenvalue weighted by Gasteiger charge is 2.14. The van der Waals surface area contributed by atoms with Crippen molar-refractivity contribution in [2.45, 2.75) is 83.9 Å². The van der Waals surface area contributed by atoms with E-state index < -0.39 is 0 Å². The van der Waals surface area contributed by atoms with Crippen molar-refractivity contribution < 1.29 is 0 Å². The van der Waals surface area contributed by atoms with Crippen LogP contribution in [0.3, 0.4) is 0 Å². The van der Waals surface area contributed by atoms with Crippen molar-refractivity contribution in [2.24, 2.45) is 0 Å². The molecular weight excluding hydrogens is 167 g/mol. The first-order chi connectivity index (χ1) is 6.62. The molecule has 0 aromatic heterocycles. The van der Waals surface area contributed by atoms with Crippen LogP contribution in [0.5, 0.6) is 0 Å². The van der Waals surface area contributed by atoms with Crippen molar-refractivity contribution in [3.8, 4) is 0 Å². The van der Waals surface area contributed by atoms with Crippen LogP contribution in [0.2, 0.25) is 5.31 Å². The van der Waals surface area contributed by atoms with Crippen LogP contribution in [0.15, 0.2) is 0 Å². The summed E-state index contributed by atoms with van der Waals surface area (Å²) in [5.41, 5.74) is 0. The van der Waals surface area contributed by atoms with E-state index in [1.54, 1.807) is 0 Å². The molecule has 0 spiro atoms. The third kappa shape index (κ3) is 8.65. The molecule has 0 aliphatic heterocycles. The average Bonchev–Trinajstić information content (AvgIpc) is 2.11. The molecule has 2 radical (unpaired) electrons. The van der Waals surface area contributed by atoms with Gasteiger partial charge in [-0.15, -0.1) is 0 Å². The fraction of sp³-hybridized carbons (Fsp3) is 1.00. The number of hydrogen-bond acceptors (Lipinski definition) is 0. The molecule has 0 fully saturated rings. The van der Waals surface area contributed by atoms with Gasteiger partial charge in [-0.2, -0.15) is 0 Å². The van der Waals surface area contributed by atoms with Crippen molar-refractivity contribution in [1.29, 1.82) is 0 Å². The first-order valence-corrected chi connectivity index (χ1v) is 6.41. The molecule has 0 heterocycles. The largest absolute Gasteiger partial charge is 0.0742 e. The van der Waals surface area contributed by atoms with Gasteiger partial charge in [0.2, 0.25) is 0 Å². The second-order valence-corrected chi connectivity index (χ2v) is 4.92. The van der Waals surface area contributed by atoms with Gasteiger partial charge in [-0.25, -0.2) is 0 Å². The topological polar surface area (TPSA) is 0 Å². The van der Waals surface area contributed by atoms with Gasteiger partial charge in [-0.05, 0) is 0 Å². The fourth-order valence-electron chi connectivity index (χ4n) is 2.01. The molecule has 14 heavy (non-hydrogen) atoms. The first kappa shape index (κ1) is 14.1. The molecule has 0 nitrogen and oxygen atoms in total. The quantitative estimate of drug-likeness (QED) is 0.362. The number of rotatable bonds is 9. The molecule has 0 rings (SSSR count). The zero-order valence-electron chi connectivity index (χ0n) is 10.4. The van der Waals surface area contributed by atoms with E-state index in [9.17, 15) is 0 Å². The third-order valence-electron chi connectivity index (χ3n) is 2.92. The maximum atomic E-state index is 6.17. The highest BCUT2D eigenvalue weighted by atomic mass is 14.1. The summed E-state index contributed by atoms with van der Waals surface area (Å²) in [6.07, 6.45) is 11.8. The van der Waals surface area contributed by atoms with Crippen LogP contribution in [-0.2, 0) is 0 Å². The monoisotopic (exact) mass is 194 g/mol. The molecule has 1 heteroatoms.